The summed E-state index contributed by atoms with van der Waals surface area (Å²) >= 11 is 6.07. The molecule has 0 saturated heterocycles. The number of amides is 1. The third-order valence-electron chi connectivity index (χ3n) is 3.82. The van der Waals surface area contributed by atoms with Gasteiger partial charge in [0.15, 0.2) is 0 Å². The molecule has 1 atom stereocenters. The number of carbonyl (C=O) groups is 2. The van der Waals surface area contributed by atoms with Crippen molar-refractivity contribution >= 4 is 23.5 Å². The van der Waals surface area contributed by atoms with Crippen LogP contribution in [0.5, 0.6) is 0 Å². The highest BCUT2D eigenvalue weighted by molar-refractivity contribution is 6.33. The largest absolute Gasteiger partial charge is 0.469 e. The second-order valence-corrected chi connectivity index (χ2v) is 5.99. The zero-order chi connectivity index (χ0) is 18.6. The lowest BCUT2D eigenvalue weighted by Crippen LogP contribution is -2.35. The van der Waals surface area contributed by atoms with E-state index >= 15 is 0 Å². The smallest absolute Gasteiger partial charge is 0.310 e. The summed E-state index contributed by atoms with van der Waals surface area (Å²) in [6.07, 6.45) is 0.312. The molecule has 1 unspecified atom stereocenters. The minimum absolute atomic E-state index is 0.0630. The van der Waals surface area contributed by atoms with Crippen LogP contribution in [0.3, 0.4) is 0 Å². The lowest BCUT2D eigenvalue weighted by Gasteiger charge is -2.15. The van der Waals surface area contributed by atoms with Gasteiger partial charge in [0.1, 0.15) is 11.0 Å². The molecule has 2 rings (SSSR count). The monoisotopic (exact) mass is 367 g/mol. The highest BCUT2D eigenvalue weighted by atomic mass is 35.5. The summed E-state index contributed by atoms with van der Waals surface area (Å²) < 4.78 is 19.2. The van der Waals surface area contributed by atoms with Crippen LogP contribution in [0.2, 0.25) is 5.15 Å². The second kappa shape index (κ2) is 8.11. The third kappa shape index (κ3) is 4.57. The van der Waals surface area contributed by atoms with Crippen LogP contribution in [-0.4, -0.2) is 35.3 Å². The van der Waals surface area contributed by atoms with Gasteiger partial charge in [-0.05, 0) is 31.0 Å². The van der Waals surface area contributed by atoms with E-state index < -0.39 is 17.8 Å². The molecule has 0 bridgehead atoms. The SMILES string of the molecule is COC(=O)C(CNC(=O)c1c(C)nn(C)c1Cl)Cc1ccc(F)cc1. The third-order valence-corrected chi connectivity index (χ3v) is 4.25. The molecule has 0 aliphatic heterocycles. The summed E-state index contributed by atoms with van der Waals surface area (Å²) in [5.74, 6) is -1.83. The van der Waals surface area contributed by atoms with Crippen LogP contribution < -0.4 is 5.32 Å². The van der Waals surface area contributed by atoms with E-state index in [1.54, 1.807) is 26.1 Å². The van der Waals surface area contributed by atoms with Crippen molar-refractivity contribution in [2.24, 2.45) is 13.0 Å². The van der Waals surface area contributed by atoms with Crippen molar-refractivity contribution in [3.63, 3.8) is 0 Å². The highest BCUT2D eigenvalue weighted by Gasteiger charge is 2.23. The first-order valence-electron chi connectivity index (χ1n) is 7.63. The highest BCUT2D eigenvalue weighted by Crippen LogP contribution is 2.18. The van der Waals surface area contributed by atoms with E-state index in [-0.39, 0.29) is 23.1 Å². The average Bonchev–Trinajstić information content (AvgIpc) is 2.84. The van der Waals surface area contributed by atoms with Gasteiger partial charge < -0.3 is 10.1 Å². The second-order valence-electron chi connectivity index (χ2n) is 5.64. The van der Waals surface area contributed by atoms with Gasteiger partial charge in [-0.2, -0.15) is 5.10 Å². The van der Waals surface area contributed by atoms with Crippen LogP contribution in [0.25, 0.3) is 0 Å². The molecule has 0 spiro atoms. The fourth-order valence-corrected chi connectivity index (χ4v) is 2.76. The van der Waals surface area contributed by atoms with E-state index in [0.29, 0.717) is 12.1 Å². The van der Waals surface area contributed by atoms with Crippen molar-refractivity contribution in [3.8, 4) is 0 Å². The van der Waals surface area contributed by atoms with Gasteiger partial charge in [-0.25, -0.2) is 4.39 Å². The van der Waals surface area contributed by atoms with E-state index in [2.05, 4.69) is 10.4 Å². The van der Waals surface area contributed by atoms with Crippen molar-refractivity contribution < 1.29 is 18.7 Å². The number of carbonyl (C=O) groups excluding carboxylic acids is 2. The lowest BCUT2D eigenvalue weighted by atomic mass is 9.99. The Bertz CT molecular complexity index is 774. The predicted octanol–water partition coefficient (Wildman–Crippen LogP) is 2.28. The van der Waals surface area contributed by atoms with Gasteiger partial charge in [-0.1, -0.05) is 23.7 Å². The first kappa shape index (κ1) is 18.9. The number of esters is 1. The van der Waals surface area contributed by atoms with E-state index in [1.807, 2.05) is 0 Å². The standard InChI is InChI=1S/C17H19ClFN3O3/c1-10-14(15(18)22(2)21-10)16(23)20-9-12(17(24)25-3)8-11-4-6-13(19)7-5-11/h4-7,12H,8-9H2,1-3H3,(H,20,23). The maximum atomic E-state index is 13.0. The molecule has 8 heteroatoms. The molecule has 2 aromatic rings. The Kier molecular flexibility index (Phi) is 6.14. The molecule has 1 amide bonds. The van der Waals surface area contributed by atoms with Crippen molar-refractivity contribution in [1.82, 2.24) is 15.1 Å². The van der Waals surface area contributed by atoms with Crippen LogP contribution in [-0.2, 0) is 23.0 Å². The Hall–Kier alpha value is -2.41. The summed E-state index contributed by atoms with van der Waals surface area (Å²) in [6.45, 7) is 1.74. The van der Waals surface area contributed by atoms with Gasteiger partial charge in [0, 0.05) is 13.6 Å². The number of ether oxygens (including phenoxy) is 1. The van der Waals surface area contributed by atoms with Crippen molar-refractivity contribution in [2.45, 2.75) is 13.3 Å². The van der Waals surface area contributed by atoms with Crippen molar-refractivity contribution in [1.29, 1.82) is 0 Å². The van der Waals surface area contributed by atoms with Gasteiger partial charge in [0.05, 0.1) is 24.3 Å². The van der Waals surface area contributed by atoms with Crippen LogP contribution in [0, 0.1) is 18.7 Å². The average molecular weight is 368 g/mol. The fourth-order valence-electron chi connectivity index (χ4n) is 2.50. The van der Waals surface area contributed by atoms with Gasteiger partial charge in [-0.3, -0.25) is 14.3 Å². The molecule has 1 N–H and O–H groups in total. The van der Waals surface area contributed by atoms with Crippen molar-refractivity contribution in [3.05, 3.63) is 52.1 Å². The topological polar surface area (TPSA) is 73.2 Å². The normalized spacial score (nSPS) is 11.9. The minimum Gasteiger partial charge on any atom is -0.469 e. The number of aromatic nitrogens is 2. The van der Waals surface area contributed by atoms with Gasteiger partial charge in [0.2, 0.25) is 0 Å². The number of aryl methyl sites for hydroxylation is 2. The summed E-state index contributed by atoms with van der Waals surface area (Å²) in [5.41, 5.74) is 1.54. The van der Waals surface area contributed by atoms with Crippen LogP contribution >= 0.6 is 11.6 Å². The zero-order valence-electron chi connectivity index (χ0n) is 14.2. The van der Waals surface area contributed by atoms with E-state index in [1.165, 1.54) is 23.9 Å². The summed E-state index contributed by atoms with van der Waals surface area (Å²) in [4.78, 5) is 24.3. The summed E-state index contributed by atoms with van der Waals surface area (Å²) in [6, 6.07) is 5.83. The number of methoxy groups -OCH3 is 1. The molecule has 0 fully saturated rings. The number of halogens is 2. The van der Waals surface area contributed by atoms with Crippen LogP contribution in [0.1, 0.15) is 21.6 Å². The number of hydrogen-bond acceptors (Lipinski definition) is 4. The quantitative estimate of drug-likeness (QED) is 0.795. The molecule has 1 heterocycles. The first-order valence-corrected chi connectivity index (χ1v) is 8.00. The molecule has 0 radical (unpaired) electrons. The Balaban J connectivity index is 2.08. The van der Waals surface area contributed by atoms with E-state index in [9.17, 15) is 14.0 Å². The Labute approximate surface area is 149 Å². The molecule has 1 aromatic carbocycles. The summed E-state index contributed by atoms with van der Waals surface area (Å²) in [5, 5.41) is 7.00. The fraction of sp³-hybridized carbons (Fsp3) is 0.353. The molecular weight excluding hydrogens is 349 g/mol. The minimum atomic E-state index is -0.602. The maximum absolute atomic E-state index is 13.0. The molecule has 0 aliphatic rings. The number of hydrogen-bond donors (Lipinski definition) is 1. The number of benzene rings is 1. The van der Waals surface area contributed by atoms with Crippen LogP contribution in [0.15, 0.2) is 24.3 Å². The van der Waals surface area contributed by atoms with E-state index in [0.717, 1.165) is 5.56 Å². The summed E-state index contributed by atoms with van der Waals surface area (Å²) in [7, 11) is 2.92. The van der Waals surface area contributed by atoms with Gasteiger partial charge in [-0.15, -0.1) is 0 Å². The predicted molar refractivity (Wildman–Crippen MR) is 90.9 cm³/mol. The van der Waals surface area contributed by atoms with Gasteiger partial charge >= 0.3 is 5.97 Å². The molecular formula is C17H19ClFN3O3. The van der Waals surface area contributed by atoms with E-state index in [4.69, 9.17) is 16.3 Å². The molecule has 25 heavy (non-hydrogen) atoms. The van der Waals surface area contributed by atoms with Crippen LogP contribution in [0.4, 0.5) is 4.39 Å². The Morgan fingerprint density at radius 3 is 2.52 bits per heavy atom. The number of nitrogens with zero attached hydrogens (tertiary/aromatic N) is 2. The maximum Gasteiger partial charge on any atom is 0.310 e. The lowest BCUT2D eigenvalue weighted by molar-refractivity contribution is -0.145. The number of rotatable bonds is 6. The molecule has 0 saturated carbocycles. The first-order chi connectivity index (χ1) is 11.8. The molecule has 134 valence electrons. The molecule has 6 nitrogen and oxygen atoms in total. The number of nitrogens with one attached hydrogen (secondary N) is 1. The Morgan fingerprint density at radius 2 is 2.00 bits per heavy atom. The van der Waals surface area contributed by atoms with Crippen molar-refractivity contribution in [2.75, 3.05) is 13.7 Å². The van der Waals surface area contributed by atoms with Gasteiger partial charge in [0.25, 0.3) is 5.91 Å². The molecule has 0 aliphatic carbocycles. The Morgan fingerprint density at radius 1 is 1.36 bits per heavy atom. The zero-order valence-corrected chi connectivity index (χ0v) is 14.9. The molecule has 1 aromatic heterocycles.